The number of methoxy groups -OCH3 is 2. The zero-order valence-electron chi connectivity index (χ0n) is 19.1. The maximum atomic E-state index is 12.9. The van der Waals surface area contributed by atoms with Crippen LogP contribution in [0.4, 0.5) is 0 Å². The van der Waals surface area contributed by atoms with Gasteiger partial charge in [0.2, 0.25) is 0 Å². The van der Waals surface area contributed by atoms with Gasteiger partial charge in [-0.25, -0.2) is 0 Å². The lowest BCUT2D eigenvalue weighted by Gasteiger charge is -2.26. The second kappa shape index (κ2) is 9.63. The van der Waals surface area contributed by atoms with Crippen molar-refractivity contribution in [3.05, 3.63) is 51.8 Å². The fourth-order valence-electron chi connectivity index (χ4n) is 4.21. The van der Waals surface area contributed by atoms with Crippen LogP contribution in [-0.4, -0.2) is 63.6 Å². The van der Waals surface area contributed by atoms with Crippen molar-refractivity contribution in [1.29, 1.82) is 0 Å². The Bertz CT molecular complexity index is 1140. The Kier molecular flexibility index (Phi) is 6.67. The molecule has 1 N–H and O–H groups in total. The molecule has 0 amide bonds. The number of pyridine rings is 1. The van der Waals surface area contributed by atoms with Crippen LogP contribution in [0.15, 0.2) is 35.1 Å². The predicted octanol–water partition coefficient (Wildman–Crippen LogP) is 3.54. The van der Waals surface area contributed by atoms with E-state index in [4.69, 9.17) is 18.9 Å². The summed E-state index contributed by atoms with van der Waals surface area (Å²) in [5, 5.41) is 1.27. The highest BCUT2D eigenvalue weighted by Crippen LogP contribution is 2.33. The standard InChI is InChI=1S/C25H30N2O5/c1-16-11-18(12-17(2)24(16)32-10-7-27-5-8-31-9-6-27)21-14-19-13-20(29-3)15-22(30-4)23(19)25(28)26-21/h11-15H,5-10H2,1-4H3,(H,26,28). The highest BCUT2D eigenvalue weighted by atomic mass is 16.5. The lowest BCUT2D eigenvalue weighted by molar-refractivity contribution is 0.0322. The van der Waals surface area contributed by atoms with Gasteiger partial charge < -0.3 is 23.9 Å². The van der Waals surface area contributed by atoms with Crippen molar-refractivity contribution in [3.63, 3.8) is 0 Å². The number of aryl methyl sites for hydroxylation is 2. The zero-order chi connectivity index (χ0) is 22.7. The number of morpholine rings is 1. The number of hydrogen-bond acceptors (Lipinski definition) is 6. The van der Waals surface area contributed by atoms with Crippen molar-refractivity contribution in [2.24, 2.45) is 0 Å². The van der Waals surface area contributed by atoms with Gasteiger partial charge in [0.05, 0.1) is 32.8 Å². The molecule has 1 saturated heterocycles. The highest BCUT2D eigenvalue weighted by molar-refractivity contribution is 5.91. The van der Waals surface area contributed by atoms with Crippen molar-refractivity contribution >= 4 is 10.8 Å². The second-order valence-electron chi connectivity index (χ2n) is 8.05. The van der Waals surface area contributed by atoms with E-state index in [1.54, 1.807) is 20.3 Å². The van der Waals surface area contributed by atoms with Crippen molar-refractivity contribution in [2.45, 2.75) is 13.8 Å². The smallest absolute Gasteiger partial charge is 0.260 e. The molecule has 4 rings (SSSR count). The van der Waals surface area contributed by atoms with Crippen molar-refractivity contribution in [2.75, 3.05) is 53.7 Å². The first-order chi connectivity index (χ1) is 15.5. The number of rotatable bonds is 7. The fraction of sp³-hybridized carbons (Fsp3) is 0.400. The number of ether oxygens (including phenoxy) is 4. The van der Waals surface area contributed by atoms with Gasteiger partial charge in [-0.15, -0.1) is 0 Å². The topological polar surface area (TPSA) is 73.0 Å². The minimum absolute atomic E-state index is 0.196. The van der Waals surface area contributed by atoms with E-state index in [-0.39, 0.29) is 5.56 Å². The normalized spacial score (nSPS) is 14.5. The lowest BCUT2D eigenvalue weighted by atomic mass is 10.0. The molecular weight excluding hydrogens is 408 g/mol. The lowest BCUT2D eigenvalue weighted by Crippen LogP contribution is -2.38. The van der Waals surface area contributed by atoms with Crippen molar-refractivity contribution < 1.29 is 18.9 Å². The first-order valence-electron chi connectivity index (χ1n) is 10.8. The third-order valence-corrected chi connectivity index (χ3v) is 5.87. The van der Waals surface area contributed by atoms with Gasteiger partial charge in [-0.05, 0) is 60.2 Å². The summed E-state index contributed by atoms with van der Waals surface area (Å²) in [6, 6.07) is 9.61. The van der Waals surface area contributed by atoms with E-state index in [0.29, 0.717) is 23.5 Å². The van der Waals surface area contributed by atoms with Crippen LogP contribution in [0.1, 0.15) is 11.1 Å². The summed E-state index contributed by atoms with van der Waals surface area (Å²) in [7, 11) is 3.14. The monoisotopic (exact) mass is 438 g/mol. The van der Waals surface area contributed by atoms with Crippen molar-refractivity contribution in [1.82, 2.24) is 9.88 Å². The van der Waals surface area contributed by atoms with Crippen LogP contribution in [0.5, 0.6) is 17.2 Å². The van der Waals surface area contributed by atoms with Crippen LogP contribution in [-0.2, 0) is 4.74 Å². The van der Waals surface area contributed by atoms with E-state index in [1.807, 2.05) is 38.1 Å². The molecule has 3 aromatic rings. The molecule has 0 saturated carbocycles. The Morgan fingerprint density at radius 2 is 1.72 bits per heavy atom. The van der Waals surface area contributed by atoms with Gasteiger partial charge in [0, 0.05) is 31.4 Å². The van der Waals surface area contributed by atoms with Crippen LogP contribution < -0.4 is 19.8 Å². The average molecular weight is 439 g/mol. The summed E-state index contributed by atoms with van der Waals surface area (Å²) in [4.78, 5) is 18.2. The summed E-state index contributed by atoms with van der Waals surface area (Å²) in [5.41, 5.74) is 3.54. The molecule has 1 aliphatic heterocycles. The fourth-order valence-corrected chi connectivity index (χ4v) is 4.21. The summed E-state index contributed by atoms with van der Waals surface area (Å²) in [6.07, 6.45) is 0. The summed E-state index contributed by atoms with van der Waals surface area (Å²) >= 11 is 0. The maximum Gasteiger partial charge on any atom is 0.260 e. The number of hydrogen-bond donors (Lipinski definition) is 1. The summed E-state index contributed by atoms with van der Waals surface area (Å²) in [6.45, 7) is 9.05. The number of fused-ring (bicyclic) bond motifs is 1. The molecule has 2 aromatic carbocycles. The molecule has 0 atom stereocenters. The second-order valence-corrected chi connectivity index (χ2v) is 8.05. The number of nitrogens with one attached hydrogen (secondary N) is 1. The van der Waals surface area contributed by atoms with Gasteiger partial charge in [-0.3, -0.25) is 9.69 Å². The van der Waals surface area contributed by atoms with Gasteiger partial charge in [-0.2, -0.15) is 0 Å². The Labute approximate surface area is 187 Å². The van der Waals surface area contributed by atoms with Gasteiger partial charge in [0.15, 0.2) is 0 Å². The molecule has 1 aromatic heterocycles. The van der Waals surface area contributed by atoms with Gasteiger partial charge in [0.25, 0.3) is 5.56 Å². The highest BCUT2D eigenvalue weighted by Gasteiger charge is 2.15. The molecule has 0 unspecified atom stereocenters. The minimum Gasteiger partial charge on any atom is -0.497 e. The summed E-state index contributed by atoms with van der Waals surface area (Å²) < 4.78 is 22.3. The summed E-state index contributed by atoms with van der Waals surface area (Å²) in [5.74, 6) is 2.03. The van der Waals surface area contributed by atoms with Gasteiger partial charge in [-0.1, -0.05) is 0 Å². The molecule has 0 bridgehead atoms. The van der Waals surface area contributed by atoms with E-state index in [0.717, 1.165) is 66.4 Å². The SMILES string of the molecule is COc1cc(OC)c2c(=O)[nH]c(-c3cc(C)c(OCCN4CCOCC4)c(C)c3)cc2c1. The first kappa shape index (κ1) is 22.2. The van der Waals surface area contributed by atoms with E-state index < -0.39 is 0 Å². The van der Waals surface area contributed by atoms with E-state index >= 15 is 0 Å². The molecule has 0 spiro atoms. The third kappa shape index (κ3) is 4.59. The number of aromatic nitrogens is 1. The molecule has 2 heterocycles. The Morgan fingerprint density at radius 1 is 1.00 bits per heavy atom. The van der Waals surface area contributed by atoms with Crippen LogP contribution in [0.2, 0.25) is 0 Å². The third-order valence-electron chi connectivity index (χ3n) is 5.87. The number of nitrogens with zero attached hydrogens (tertiary/aromatic N) is 1. The van der Waals surface area contributed by atoms with Gasteiger partial charge in [0.1, 0.15) is 23.9 Å². The van der Waals surface area contributed by atoms with Gasteiger partial charge >= 0.3 is 0 Å². The van der Waals surface area contributed by atoms with E-state index in [2.05, 4.69) is 9.88 Å². The quantitative estimate of drug-likeness (QED) is 0.608. The van der Waals surface area contributed by atoms with Crippen LogP contribution in [0.25, 0.3) is 22.0 Å². The number of H-pyrrole nitrogens is 1. The molecule has 32 heavy (non-hydrogen) atoms. The molecule has 7 heteroatoms. The zero-order valence-corrected chi connectivity index (χ0v) is 19.1. The largest absolute Gasteiger partial charge is 0.497 e. The maximum absolute atomic E-state index is 12.9. The number of benzene rings is 2. The van der Waals surface area contributed by atoms with Crippen LogP contribution in [0, 0.1) is 13.8 Å². The molecule has 0 radical (unpaired) electrons. The molecule has 170 valence electrons. The van der Waals surface area contributed by atoms with E-state index in [1.165, 1.54) is 0 Å². The molecule has 1 aliphatic rings. The average Bonchev–Trinajstić information content (AvgIpc) is 2.80. The molecule has 0 aliphatic carbocycles. The number of aromatic amines is 1. The molecule has 7 nitrogen and oxygen atoms in total. The van der Waals surface area contributed by atoms with E-state index in [9.17, 15) is 4.79 Å². The predicted molar refractivity (Wildman–Crippen MR) is 125 cm³/mol. The van der Waals surface area contributed by atoms with Crippen LogP contribution in [0.3, 0.4) is 0 Å². The Morgan fingerprint density at radius 3 is 2.38 bits per heavy atom. The Hall–Kier alpha value is -3.03. The van der Waals surface area contributed by atoms with Crippen molar-refractivity contribution in [3.8, 4) is 28.5 Å². The minimum atomic E-state index is -0.196. The van der Waals surface area contributed by atoms with Crippen LogP contribution >= 0.6 is 0 Å². The molecular formula is C25H30N2O5. The Balaban J connectivity index is 1.61. The molecule has 1 fully saturated rings. The first-order valence-corrected chi connectivity index (χ1v) is 10.8.